The maximum Gasteiger partial charge on any atom is 0.206 e. The molecule has 0 aliphatic carbocycles. The lowest BCUT2D eigenvalue weighted by molar-refractivity contribution is -0.915. The van der Waals surface area contributed by atoms with Crippen LogP contribution in [0.3, 0.4) is 0 Å². The average Bonchev–Trinajstić information content (AvgIpc) is 3.35. The summed E-state index contributed by atoms with van der Waals surface area (Å²) in [5.74, 6) is 1.87. The standard InChI is InChI=1S/C18H26N6O2/c1-25-16-6-4-15(5-7-16)23-10-8-22(9-11-23)14-18-19-20-21-24(18)13-17-3-2-12-26-17/h4-7,17H,2-3,8-14H2,1H3/p+1/t17-/m1/s1. The van der Waals surface area contributed by atoms with E-state index in [9.17, 15) is 0 Å². The van der Waals surface area contributed by atoms with Gasteiger partial charge in [0, 0.05) is 12.3 Å². The molecule has 8 heteroatoms. The number of tetrazole rings is 1. The highest BCUT2D eigenvalue weighted by molar-refractivity contribution is 5.49. The Morgan fingerprint density at radius 3 is 2.73 bits per heavy atom. The van der Waals surface area contributed by atoms with Crippen molar-refractivity contribution in [3.8, 4) is 5.75 Å². The molecule has 0 spiro atoms. The highest BCUT2D eigenvalue weighted by Gasteiger charge is 2.24. The lowest BCUT2D eigenvalue weighted by atomic mass is 10.2. The van der Waals surface area contributed by atoms with E-state index in [0.717, 1.165) is 70.3 Å². The van der Waals surface area contributed by atoms with Gasteiger partial charge in [-0.05, 0) is 47.5 Å². The largest absolute Gasteiger partial charge is 0.497 e. The molecule has 1 aromatic heterocycles. The van der Waals surface area contributed by atoms with Gasteiger partial charge in [-0.3, -0.25) is 0 Å². The van der Waals surface area contributed by atoms with Crippen molar-refractivity contribution in [1.29, 1.82) is 0 Å². The lowest BCUT2D eigenvalue weighted by Gasteiger charge is -2.33. The highest BCUT2D eigenvalue weighted by atomic mass is 16.5. The maximum atomic E-state index is 5.71. The van der Waals surface area contributed by atoms with Crippen LogP contribution in [0.15, 0.2) is 24.3 Å². The number of piperazine rings is 1. The summed E-state index contributed by atoms with van der Waals surface area (Å²) in [5.41, 5.74) is 1.26. The van der Waals surface area contributed by atoms with Gasteiger partial charge in [0.25, 0.3) is 0 Å². The summed E-state index contributed by atoms with van der Waals surface area (Å²) in [6.07, 6.45) is 2.51. The van der Waals surface area contributed by atoms with E-state index in [-0.39, 0.29) is 6.10 Å². The van der Waals surface area contributed by atoms with Gasteiger partial charge in [-0.1, -0.05) is 0 Å². The van der Waals surface area contributed by atoms with E-state index in [4.69, 9.17) is 9.47 Å². The Hall–Kier alpha value is -2.19. The van der Waals surface area contributed by atoms with Crippen LogP contribution >= 0.6 is 0 Å². The van der Waals surface area contributed by atoms with Gasteiger partial charge in [-0.25, -0.2) is 4.68 Å². The molecule has 1 aromatic carbocycles. The molecule has 140 valence electrons. The third kappa shape index (κ3) is 3.96. The van der Waals surface area contributed by atoms with Gasteiger partial charge in [-0.2, -0.15) is 0 Å². The summed E-state index contributed by atoms with van der Waals surface area (Å²) >= 11 is 0. The Morgan fingerprint density at radius 1 is 1.23 bits per heavy atom. The first-order chi connectivity index (χ1) is 12.8. The van der Waals surface area contributed by atoms with Gasteiger partial charge in [0.15, 0.2) is 0 Å². The Balaban J connectivity index is 1.30. The topological polar surface area (TPSA) is 69.7 Å². The molecule has 2 aliphatic heterocycles. The van der Waals surface area contributed by atoms with Crippen LogP contribution in [0.25, 0.3) is 0 Å². The minimum absolute atomic E-state index is 0.263. The van der Waals surface area contributed by atoms with Crippen LogP contribution in [0, 0.1) is 0 Å². The molecule has 0 radical (unpaired) electrons. The molecular weight excluding hydrogens is 332 g/mol. The van der Waals surface area contributed by atoms with Gasteiger partial charge in [0.05, 0.1) is 45.9 Å². The number of ether oxygens (including phenoxy) is 2. The van der Waals surface area contributed by atoms with Crippen LogP contribution < -0.4 is 14.5 Å². The molecule has 1 N–H and O–H groups in total. The fourth-order valence-electron chi connectivity index (χ4n) is 3.75. The van der Waals surface area contributed by atoms with Crippen LogP contribution in [-0.4, -0.2) is 66.2 Å². The van der Waals surface area contributed by atoms with Crippen LogP contribution in [-0.2, 0) is 17.8 Å². The molecule has 3 heterocycles. The second-order valence-corrected chi connectivity index (χ2v) is 7.02. The van der Waals surface area contributed by atoms with Crippen molar-refractivity contribution in [2.75, 3.05) is 44.8 Å². The van der Waals surface area contributed by atoms with Crippen molar-refractivity contribution >= 4 is 5.69 Å². The monoisotopic (exact) mass is 359 g/mol. The van der Waals surface area contributed by atoms with Crippen molar-refractivity contribution in [2.45, 2.75) is 32.0 Å². The van der Waals surface area contributed by atoms with E-state index >= 15 is 0 Å². The van der Waals surface area contributed by atoms with Gasteiger partial charge >= 0.3 is 0 Å². The summed E-state index contributed by atoms with van der Waals surface area (Å²) in [4.78, 5) is 3.95. The first-order valence-electron chi connectivity index (χ1n) is 9.41. The van der Waals surface area contributed by atoms with Crippen molar-refractivity contribution < 1.29 is 14.4 Å². The Labute approximate surface area is 153 Å². The number of nitrogens with one attached hydrogen (secondary N) is 1. The zero-order valence-electron chi connectivity index (χ0n) is 15.3. The first-order valence-corrected chi connectivity index (χ1v) is 9.41. The second kappa shape index (κ2) is 8.01. The van der Waals surface area contributed by atoms with E-state index in [1.54, 1.807) is 7.11 Å². The van der Waals surface area contributed by atoms with Gasteiger partial charge in [-0.15, -0.1) is 5.10 Å². The molecule has 2 aromatic rings. The third-order valence-corrected chi connectivity index (χ3v) is 5.32. The number of rotatable bonds is 6. The molecule has 2 aliphatic rings. The number of hydrogen-bond donors (Lipinski definition) is 1. The lowest BCUT2D eigenvalue weighted by Crippen LogP contribution is -3.13. The zero-order valence-corrected chi connectivity index (χ0v) is 15.3. The molecule has 8 nitrogen and oxygen atoms in total. The fraction of sp³-hybridized carbons (Fsp3) is 0.611. The van der Waals surface area contributed by atoms with E-state index in [1.165, 1.54) is 10.6 Å². The SMILES string of the molecule is COc1ccc(N2CC[NH+](Cc3nnnn3C[C@H]3CCCO3)CC2)cc1. The minimum Gasteiger partial charge on any atom is -0.497 e. The summed E-state index contributed by atoms with van der Waals surface area (Å²) in [6.45, 7) is 6.74. The Morgan fingerprint density at radius 2 is 2.04 bits per heavy atom. The van der Waals surface area contributed by atoms with Crippen molar-refractivity contribution in [2.24, 2.45) is 0 Å². The summed E-state index contributed by atoms with van der Waals surface area (Å²) in [6, 6.07) is 8.31. The predicted molar refractivity (Wildman–Crippen MR) is 96.4 cm³/mol. The van der Waals surface area contributed by atoms with Crippen molar-refractivity contribution in [3.63, 3.8) is 0 Å². The maximum absolute atomic E-state index is 5.71. The number of aromatic nitrogens is 4. The molecule has 0 unspecified atom stereocenters. The predicted octanol–water partition coefficient (Wildman–Crippen LogP) is -0.234. The number of anilines is 1. The summed E-state index contributed by atoms with van der Waals surface area (Å²) in [5, 5.41) is 12.3. The van der Waals surface area contributed by atoms with Crippen LogP contribution in [0.5, 0.6) is 5.75 Å². The summed E-state index contributed by atoms with van der Waals surface area (Å²) in [7, 11) is 1.70. The van der Waals surface area contributed by atoms with Gasteiger partial charge in [0.1, 0.15) is 12.3 Å². The number of benzene rings is 1. The highest BCUT2D eigenvalue weighted by Crippen LogP contribution is 2.19. The number of quaternary nitrogens is 1. The first kappa shape index (κ1) is 17.2. The molecular formula is C18H27N6O2+. The molecule has 0 bridgehead atoms. The Bertz CT molecular complexity index is 690. The molecule has 26 heavy (non-hydrogen) atoms. The second-order valence-electron chi connectivity index (χ2n) is 7.02. The quantitative estimate of drug-likeness (QED) is 0.768. The molecule has 2 fully saturated rings. The third-order valence-electron chi connectivity index (χ3n) is 5.32. The molecule has 0 amide bonds. The molecule has 4 rings (SSSR count). The molecule has 2 saturated heterocycles. The smallest absolute Gasteiger partial charge is 0.206 e. The normalized spacial score (nSPS) is 21.3. The summed E-state index contributed by atoms with van der Waals surface area (Å²) < 4.78 is 12.9. The van der Waals surface area contributed by atoms with Crippen molar-refractivity contribution in [3.05, 3.63) is 30.1 Å². The van der Waals surface area contributed by atoms with Crippen molar-refractivity contribution in [1.82, 2.24) is 20.2 Å². The van der Waals surface area contributed by atoms with Crippen LogP contribution in [0.1, 0.15) is 18.7 Å². The number of hydrogen-bond acceptors (Lipinski definition) is 6. The van der Waals surface area contributed by atoms with E-state index in [0.29, 0.717) is 0 Å². The minimum atomic E-state index is 0.263. The average molecular weight is 359 g/mol. The molecule has 1 atom stereocenters. The van der Waals surface area contributed by atoms with E-state index < -0.39 is 0 Å². The van der Waals surface area contributed by atoms with Gasteiger partial charge in [0.2, 0.25) is 5.82 Å². The Kier molecular flexibility index (Phi) is 5.31. The van der Waals surface area contributed by atoms with E-state index in [2.05, 4.69) is 32.6 Å². The molecule has 0 saturated carbocycles. The fourth-order valence-corrected chi connectivity index (χ4v) is 3.75. The van der Waals surface area contributed by atoms with Gasteiger partial charge < -0.3 is 19.3 Å². The zero-order chi connectivity index (χ0) is 17.8. The van der Waals surface area contributed by atoms with Crippen LogP contribution in [0.4, 0.5) is 5.69 Å². The van der Waals surface area contributed by atoms with Crippen LogP contribution in [0.2, 0.25) is 0 Å². The number of methoxy groups -OCH3 is 1. The van der Waals surface area contributed by atoms with E-state index in [1.807, 2.05) is 16.8 Å². The number of nitrogens with zero attached hydrogens (tertiary/aromatic N) is 5.